The Morgan fingerprint density at radius 3 is 2.81 bits per heavy atom. The van der Waals surface area contributed by atoms with Gasteiger partial charge in [0, 0.05) is 26.2 Å². The molecule has 3 aromatic rings. The number of hydrogen-bond acceptors (Lipinski definition) is 6. The molecule has 0 radical (unpaired) electrons. The van der Waals surface area contributed by atoms with Crippen LogP contribution in [0.25, 0.3) is 21.0 Å². The molecule has 1 aliphatic heterocycles. The van der Waals surface area contributed by atoms with Crippen LogP contribution in [0.15, 0.2) is 40.8 Å². The Balaban J connectivity index is 1.22. The first kappa shape index (κ1) is 17.7. The van der Waals surface area contributed by atoms with E-state index in [1.165, 1.54) is 43.8 Å². The minimum absolute atomic E-state index is 0.771. The lowest BCUT2D eigenvalue weighted by Crippen LogP contribution is -2.45. The van der Waals surface area contributed by atoms with E-state index >= 15 is 0 Å². The molecule has 0 saturated carbocycles. The highest BCUT2D eigenvalue weighted by Crippen LogP contribution is 2.31. The van der Waals surface area contributed by atoms with Crippen LogP contribution in [-0.2, 0) is 6.54 Å². The summed E-state index contributed by atoms with van der Waals surface area (Å²) in [5.41, 5.74) is 1.03. The van der Waals surface area contributed by atoms with Crippen LogP contribution in [0.2, 0.25) is 0 Å². The molecule has 0 spiro atoms. The Kier molecular flexibility index (Phi) is 5.65. The van der Waals surface area contributed by atoms with E-state index in [0.717, 1.165) is 35.1 Å². The number of aromatic nitrogens is 1. The van der Waals surface area contributed by atoms with Gasteiger partial charge in [-0.1, -0.05) is 12.1 Å². The molecule has 4 rings (SSSR count). The maximum absolute atomic E-state index is 5.98. The van der Waals surface area contributed by atoms with Crippen LogP contribution < -0.4 is 5.32 Å². The second kappa shape index (κ2) is 8.31. The predicted octanol–water partition coefficient (Wildman–Crippen LogP) is 3.28. The number of hydrogen-bond donors (Lipinski definition) is 1. The van der Waals surface area contributed by atoms with E-state index in [2.05, 4.69) is 39.3 Å². The lowest BCUT2D eigenvalue weighted by atomic mass is 10.3. The van der Waals surface area contributed by atoms with E-state index in [1.807, 2.05) is 24.3 Å². The van der Waals surface area contributed by atoms with Crippen LogP contribution in [0.5, 0.6) is 0 Å². The van der Waals surface area contributed by atoms with Crippen molar-refractivity contribution in [2.45, 2.75) is 13.0 Å². The second-order valence-corrected chi connectivity index (χ2v) is 7.96. The van der Waals surface area contributed by atoms with Crippen LogP contribution in [0.3, 0.4) is 0 Å². The van der Waals surface area contributed by atoms with Gasteiger partial charge in [0.05, 0.1) is 16.8 Å². The normalized spacial score (nSPS) is 16.5. The lowest BCUT2D eigenvalue weighted by Gasteiger charge is -2.32. The fraction of sp³-hybridized carbons (Fsp3) is 0.450. The molecule has 5 nitrogen and oxygen atoms in total. The van der Waals surface area contributed by atoms with E-state index in [1.54, 1.807) is 11.3 Å². The standard InChI is InChI=1S/C20H26N4OS/c1-23-11-13-24(14-12-23)10-4-9-21-15-16-7-8-18(25-16)20-22-17-5-2-3-6-19(17)26-20/h2-3,5-8,21H,4,9-15H2,1H3. The maximum atomic E-state index is 5.98. The quantitative estimate of drug-likeness (QED) is 0.647. The van der Waals surface area contributed by atoms with E-state index in [4.69, 9.17) is 4.42 Å². The van der Waals surface area contributed by atoms with Crippen LogP contribution >= 0.6 is 11.3 Å². The minimum Gasteiger partial charge on any atom is -0.457 e. The number of nitrogens with one attached hydrogen (secondary N) is 1. The molecule has 1 aliphatic rings. The van der Waals surface area contributed by atoms with Crippen molar-refractivity contribution in [3.8, 4) is 10.8 Å². The van der Waals surface area contributed by atoms with Crippen LogP contribution in [0.1, 0.15) is 12.2 Å². The summed E-state index contributed by atoms with van der Waals surface area (Å²) in [5, 5.41) is 4.44. The zero-order valence-corrected chi connectivity index (χ0v) is 16.1. The predicted molar refractivity (Wildman–Crippen MR) is 108 cm³/mol. The van der Waals surface area contributed by atoms with Gasteiger partial charge in [-0.2, -0.15) is 0 Å². The number of fused-ring (bicyclic) bond motifs is 1. The molecule has 0 bridgehead atoms. The first-order valence-electron chi connectivity index (χ1n) is 9.34. The minimum atomic E-state index is 0.771. The monoisotopic (exact) mass is 370 g/mol. The average Bonchev–Trinajstić information content (AvgIpc) is 3.29. The summed E-state index contributed by atoms with van der Waals surface area (Å²) in [6, 6.07) is 12.3. The highest BCUT2D eigenvalue weighted by Gasteiger charge is 2.13. The molecule has 0 aliphatic carbocycles. The molecule has 0 atom stereocenters. The number of benzene rings is 1. The first-order chi connectivity index (χ1) is 12.8. The van der Waals surface area contributed by atoms with E-state index < -0.39 is 0 Å². The molecule has 0 amide bonds. The van der Waals surface area contributed by atoms with E-state index in [-0.39, 0.29) is 0 Å². The number of thiazole rings is 1. The number of likely N-dealkylation sites (N-methyl/N-ethyl adjacent to an activating group) is 1. The van der Waals surface area contributed by atoms with Crippen molar-refractivity contribution in [2.75, 3.05) is 46.3 Å². The number of nitrogens with zero attached hydrogens (tertiary/aromatic N) is 3. The van der Waals surface area contributed by atoms with Crippen molar-refractivity contribution in [3.63, 3.8) is 0 Å². The lowest BCUT2D eigenvalue weighted by molar-refractivity contribution is 0.152. The summed E-state index contributed by atoms with van der Waals surface area (Å²) < 4.78 is 7.17. The van der Waals surface area contributed by atoms with Gasteiger partial charge in [-0.15, -0.1) is 11.3 Å². The Bertz CT molecular complexity index is 802. The third-order valence-electron chi connectivity index (χ3n) is 4.89. The summed E-state index contributed by atoms with van der Waals surface area (Å²) in [5.74, 6) is 1.83. The zero-order chi connectivity index (χ0) is 17.8. The third-order valence-corrected chi connectivity index (χ3v) is 5.94. The zero-order valence-electron chi connectivity index (χ0n) is 15.3. The highest BCUT2D eigenvalue weighted by atomic mass is 32.1. The molecule has 6 heteroatoms. The SMILES string of the molecule is CN1CCN(CCCNCc2ccc(-c3nc4ccccc4s3)o2)CC1. The fourth-order valence-corrected chi connectivity index (χ4v) is 4.20. The molecule has 1 N–H and O–H groups in total. The van der Waals surface area contributed by atoms with Gasteiger partial charge in [-0.3, -0.25) is 0 Å². The Morgan fingerprint density at radius 2 is 1.96 bits per heavy atom. The van der Waals surface area contributed by atoms with Crippen molar-refractivity contribution >= 4 is 21.6 Å². The van der Waals surface area contributed by atoms with E-state index in [0.29, 0.717) is 0 Å². The van der Waals surface area contributed by atoms with Gasteiger partial charge in [0.1, 0.15) is 5.76 Å². The number of para-hydroxylation sites is 1. The van der Waals surface area contributed by atoms with Crippen molar-refractivity contribution < 1.29 is 4.42 Å². The molecular weight excluding hydrogens is 344 g/mol. The van der Waals surface area contributed by atoms with Gasteiger partial charge in [-0.05, 0) is 50.8 Å². The molecule has 1 aromatic carbocycles. The molecule has 1 saturated heterocycles. The van der Waals surface area contributed by atoms with Crippen molar-refractivity contribution in [1.29, 1.82) is 0 Å². The van der Waals surface area contributed by atoms with Crippen molar-refractivity contribution in [3.05, 3.63) is 42.2 Å². The maximum Gasteiger partial charge on any atom is 0.163 e. The summed E-state index contributed by atoms with van der Waals surface area (Å²) in [6.07, 6.45) is 1.18. The van der Waals surface area contributed by atoms with Gasteiger partial charge in [0.2, 0.25) is 0 Å². The molecule has 138 valence electrons. The van der Waals surface area contributed by atoms with Gasteiger partial charge >= 0.3 is 0 Å². The average molecular weight is 371 g/mol. The van der Waals surface area contributed by atoms with Crippen molar-refractivity contribution in [1.82, 2.24) is 20.1 Å². The van der Waals surface area contributed by atoms with Gasteiger partial charge in [0.15, 0.2) is 10.8 Å². The fourth-order valence-electron chi connectivity index (χ4n) is 3.28. The van der Waals surface area contributed by atoms with Crippen molar-refractivity contribution in [2.24, 2.45) is 0 Å². The highest BCUT2D eigenvalue weighted by molar-refractivity contribution is 7.21. The molecule has 26 heavy (non-hydrogen) atoms. The van der Waals surface area contributed by atoms with Crippen LogP contribution in [-0.4, -0.2) is 61.1 Å². The Morgan fingerprint density at radius 1 is 1.12 bits per heavy atom. The molecule has 3 heterocycles. The Hall–Kier alpha value is -1.73. The third kappa shape index (κ3) is 4.32. The van der Waals surface area contributed by atoms with Gasteiger partial charge < -0.3 is 19.5 Å². The summed E-state index contributed by atoms with van der Waals surface area (Å²) in [6.45, 7) is 7.73. The van der Waals surface area contributed by atoms with Crippen LogP contribution in [0, 0.1) is 0 Å². The molecule has 1 fully saturated rings. The number of piperazine rings is 1. The van der Waals surface area contributed by atoms with E-state index in [9.17, 15) is 0 Å². The Labute approximate surface area is 158 Å². The summed E-state index contributed by atoms with van der Waals surface area (Å²) in [7, 11) is 2.20. The van der Waals surface area contributed by atoms with Crippen LogP contribution in [0.4, 0.5) is 0 Å². The summed E-state index contributed by atoms with van der Waals surface area (Å²) in [4.78, 5) is 9.61. The first-order valence-corrected chi connectivity index (χ1v) is 10.2. The molecular formula is C20H26N4OS. The smallest absolute Gasteiger partial charge is 0.163 e. The number of rotatable bonds is 7. The second-order valence-electron chi connectivity index (χ2n) is 6.93. The number of furan rings is 1. The van der Waals surface area contributed by atoms with Gasteiger partial charge in [-0.25, -0.2) is 4.98 Å². The summed E-state index contributed by atoms with van der Waals surface area (Å²) >= 11 is 1.68. The van der Waals surface area contributed by atoms with Gasteiger partial charge in [0.25, 0.3) is 0 Å². The largest absolute Gasteiger partial charge is 0.457 e. The topological polar surface area (TPSA) is 44.5 Å². The molecule has 2 aromatic heterocycles. The molecule has 0 unspecified atom stereocenters.